The van der Waals surface area contributed by atoms with Crippen LogP contribution in [-0.4, -0.2) is 60.8 Å². The van der Waals surface area contributed by atoms with Gasteiger partial charge in [0.05, 0.1) is 19.8 Å². The maximum atomic E-state index is 12.5. The molecule has 7 nitrogen and oxygen atoms in total. The Hall–Kier alpha value is -1.44. The average Bonchev–Trinajstić information content (AvgIpc) is 3.07. The molecule has 0 aliphatic rings. The molecule has 7 heteroatoms. The molecule has 0 bridgehead atoms. The minimum Gasteiger partial charge on any atom is -0.462 e. The third-order valence-electron chi connectivity index (χ3n) is 8.68. The summed E-state index contributed by atoms with van der Waals surface area (Å²) in [6.07, 6.45) is 35.4. The van der Waals surface area contributed by atoms with Crippen LogP contribution in [0.5, 0.6) is 0 Å². The van der Waals surface area contributed by atoms with Crippen molar-refractivity contribution in [3.8, 4) is 0 Å². The standard InChI is InChI=1S/C40H76O7/c1-3-5-7-9-11-13-15-17-18-20-22-24-26-28-30-32-40(44)47-38(35-45-34-37(42)33-41)36-46-39(43)31-29-27-25-23-21-19-16-14-12-10-8-6-4-2/h17-18,37-38,41-42H,3-16,19-36H2,1-2H3/b18-17-/t37?,38-/m0/s1. The number of carbonyl (C=O) groups excluding carboxylic acids is 2. The van der Waals surface area contributed by atoms with Gasteiger partial charge in [0, 0.05) is 12.8 Å². The molecule has 0 aromatic carbocycles. The van der Waals surface area contributed by atoms with Crippen LogP contribution in [0.4, 0.5) is 0 Å². The van der Waals surface area contributed by atoms with Gasteiger partial charge in [-0.25, -0.2) is 0 Å². The summed E-state index contributed by atoms with van der Waals surface area (Å²) >= 11 is 0. The van der Waals surface area contributed by atoms with E-state index in [9.17, 15) is 14.7 Å². The first kappa shape index (κ1) is 45.6. The van der Waals surface area contributed by atoms with E-state index in [1.54, 1.807) is 0 Å². The van der Waals surface area contributed by atoms with Crippen LogP contribution in [0.25, 0.3) is 0 Å². The van der Waals surface area contributed by atoms with Crippen LogP contribution in [0.2, 0.25) is 0 Å². The fourth-order valence-corrected chi connectivity index (χ4v) is 5.63. The predicted octanol–water partition coefficient (Wildman–Crippen LogP) is 10.3. The van der Waals surface area contributed by atoms with Gasteiger partial charge in [-0.3, -0.25) is 9.59 Å². The van der Waals surface area contributed by atoms with Crippen molar-refractivity contribution in [2.75, 3.05) is 26.4 Å². The highest BCUT2D eigenvalue weighted by Crippen LogP contribution is 2.14. The summed E-state index contributed by atoms with van der Waals surface area (Å²) in [6.45, 7) is 3.96. The van der Waals surface area contributed by atoms with Crippen LogP contribution in [0, 0.1) is 0 Å². The van der Waals surface area contributed by atoms with Crippen molar-refractivity contribution in [2.45, 2.75) is 206 Å². The summed E-state index contributed by atoms with van der Waals surface area (Å²) in [4.78, 5) is 24.8. The third kappa shape index (κ3) is 35.7. The van der Waals surface area contributed by atoms with Crippen molar-refractivity contribution in [3.05, 3.63) is 12.2 Å². The second-order valence-corrected chi connectivity index (χ2v) is 13.5. The van der Waals surface area contributed by atoms with E-state index in [4.69, 9.17) is 19.3 Å². The van der Waals surface area contributed by atoms with E-state index in [-0.39, 0.29) is 31.8 Å². The number of carbonyl (C=O) groups is 2. The van der Waals surface area contributed by atoms with Crippen molar-refractivity contribution in [2.24, 2.45) is 0 Å². The summed E-state index contributed by atoms with van der Waals surface area (Å²) < 4.78 is 16.4. The molecule has 0 amide bonds. The summed E-state index contributed by atoms with van der Waals surface area (Å²) in [5, 5.41) is 18.6. The summed E-state index contributed by atoms with van der Waals surface area (Å²) in [5.41, 5.74) is 0. The van der Waals surface area contributed by atoms with Crippen molar-refractivity contribution in [1.29, 1.82) is 0 Å². The Labute approximate surface area is 290 Å². The van der Waals surface area contributed by atoms with Crippen molar-refractivity contribution < 1.29 is 34.0 Å². The van der Waals surface area contributed by atoms with Gasteiger partial charge in [0.25, 0.3) is 0 Å². The van der Waals surface area contributed by atoms with Gasteiger partial charge in [0.15, 0.2) is 6.10 Å². The number of allylic oxidation sites excluding steroid dienone is 2. The molecular formula is C40H76O7. The van der Waals surface area contributed by atoms with Crippen molar-refractivity contribution >= 4 is 11.9 Å². The lowest BCUT2D eigenvalue weighted by Gasteiger charge is -2.19. The molecule has 0 saturated heterocycles. The molecule has 0 rings (SSSR count). The zero-order chi connectivity index (χ0) is 34.5. The highest BCUT2D eigenvalue weighted by molar-refractivity contribution is 5.70. The summed E-state index contributed by atoms with van der Waals surface area (Å²) in [6, 6.07) is 0. The number of aliphatic hydroxyl groups is 2. The monoisotopic (exact) mass is 669 g/mol. The Balaban J connectivity index is 4.00. The number of esters is 2. The van der Waals surface area contributed by atoms with E-state index < -0.39 is 18.8 Å². The molecule has 0 aromatic rings. The molecule has 0 saturated carbocycles. The lowest BCUT2D eigenvalue weighted by atomic mass is 10.0. The van der Waals surface area contributed by atoms with Gasteiger partial charge < -0.3 is 24.4 Å². The molecule has 2 N–H and O–H groups in total. The Morgan fingerprint density at radius 2 is 0.936 bits per heavy atom. The Morgan fingerprint density at radius 3 is 1.38 bits per heavy atom. The average molecular weight is 669 g/mol. The zero-order valence-corrected chi connectivity index (χ0v) is 30.9. The van der Waals surface area contributed by atoms with E-state index in [0.29, 0.717) is 12.8 Å². The van der Waals surface area contributed by atoms with Crippen LogP contribution in [0.15, 0.2) is 12.2 Å². The van der Waals surface area contributed by atoms with Crippen LogP contribution < -0.4 is 0 Å². The van der Waals surface area contributed by atoms with Crippen LogP contribution >= 0.6 is 0 Å². The lowest BCUT2D eigenvalue weighted by molar-refractivity contribution is -0.163. The normalized spacial score (nSPS) is 12.9. The second kappa shape index (κ2) is 37.4. The molecule has 2 atom stereocenters. The highest BCUT2D eigenvalue weighted by atomic mass is 16.6. The Bertz CT molecular complexity index is 696. The molecule has 0 aliphatic heterocycles. The molecule has 278 valence electrons. The minimum atomic E-state index is -1.000. The topological polar surface area (TPSA) is 102 Å². The number of rotatable bonds is 37. The smallest absolute Gasteiger partial charge is 0.306 e. The van der Waals surface area contributed by atoms with Gasteiger partial charge in [0.1, 0.15) is 12.7 Å². The number of aliphatic hydroxyl groups excluding tert-OH is 2. The van der Waals surface area contributed by atoms with E-state index >= 15 is 0 Å². The van der Waals surface area contributed by atoms with Crippen LogP contribution in [0.3, 0.4) is 0 Å². The largest absolute Gasteiger partial charge is 0.462 e. The van der Waals surface area contributed by atoms with Gasteiger partial charge in [-0.05, 0) is 38.5 Å². The van der Waals surface area contributed by atoms with E-state index in [2.05, 4.69) is 26.0 Å². The number of hydrogen-bond donors (Lipinski definition) is 2. The molecule has 0 spiro atoms. The molecule has 0 radical (unpaired) electrons. The van der Waals surface area contributed by atoms with Crippen LogP contribution in [0.1, 0.15) is 194 Å². The summed E-state index contributed by atoms with van der Waals surface area (Å²) in [7, 11) is 0. The first-order valence-electron chi connectivity index (χ1n) is 19.9. The molecule has 0 aliphatic carbocycles. The molecular weight excluding hydrogens is 592 g/mol. The van der Waals surface area contributed by atoms with E-state index in [1.807, 2.05) is 0 Å². The van der Waals surface area contributed by atoms with Crippen LogP contribution in [-0.2, 0) is 23.8 Å². The SMILES string of the molecule is CCCCCCCC/C=C\CCCCCCCC(=O)O[C@@H](COCC(O)CO)COC(=O)CCCCCCCCCCCCCCC. The van der Waals surface area contributed by atoms with Crippen molar-refractivity contribution in [1.82, 2.24) is 0 Å². The molecule has 0 fully saturated rings. The number of hydrogen-bond acceptors (Lipinski definition) is 7. The Morgan fingerprint density at radius 1 is 0.532 bits per heavy atom. The number of ether oxygens (including phenoxy) is 3. The second-order valence-electron chi connectivity index (χ2n) is 13.5. The fourth-order valence-electron chi connectivity index (χ4n) is 5.63. The quantitative estimate of drug-likeness (QED) is 0.0386. The van der Waals surface area contributed by atoms with Gasteiger partial charge in [0.2, 0.25) is 0 Å². The molecule has 47 heavy (non-hydrogen) atoms. The first-order chi connectivity index (χ1) is 23.0. The maximum Gasteiger partial charge on any atom is 0.306 e. The molecule has 0 heterocycles. The first-order valence-corrected chi connectivity index (χ1v) is 19.9. The van der Waals surface area contributed by atoms with Gasteiger partial charge in [-0.15, -0.1) is 0 Å². The van der Waals surface area contributed by atoms with E-state index in [0.717, 1.165) is 51.4 Å². The van der Waals surface area contributed by atoms with Gasteiger partial charge in [-0.1, -0.05) is 154 Å². The van der Waals surface area contributed by atoms with Gasteiger partial charge in [-0.2, -0.15) is 0 Å². The molecule has 0 aromatic heterocycles. The highest BCUT2D eigenvalue weighted by Gasteiger charge is 2.18. The molecule has 1 unspecified atom stereocenters. The Kier molecular flexibility index (Phi) is 36.2. The van der Waals surface area contributed by atoms with Gasteiger partial charge >= 0.3 is 11.9 Å². The van der Waals surface area contributed by atoms with E-state index in [1.165, 1.54) is 116 Å². The maximum absolute atomic E-state index is 12.5. The summed E-state index contributed by atoms with van der Waals surface area (Å²) in [5.74, 6) is -0.617. The predicted molar refractivity (Wildman–Crippen MR) is 195 cm³/mol. The minimum absolute atomic E-state index is 0.00119. The fraction of sp³-hybridized carbons (Fsp3) is 0.900. The third-order valence-corrected chi connectivity index (χ3v) is 8.68. The van der Waals surface area contributed by atoms with Crippen molar-refractivity contribution in [3.63, 3.8) is 0 Å². The number of unbranched alkanes of at least 4 members (excludes halogenated alkanes) is 23. The zero-order valence-electron chi connectivity index (χ0n) is 30.9. The lowest BCUT2D eigenvalue weighted by Crippen LogP contribution is -2.31.